The molecule has 1 saturated heterocycles. The van der Waals surface area contributed by atoms with Gasteiger partial charge in [0.1, 0.15) is 12.4 Å². The van der Waals surface area contributed by atoms with E-state index < -0.39 is 18.0 Å². The van der Waals surface area contributed by atoms with Crippen molar-refractivity contribution in [3.8, 4) is 5.75 Å². The van der Waals surface area contributed by atoms with Crippen LogP contribution in [0, 0.1) is 15.4 Å². The van der Waals surface area contributed by atoms with Gasteiger partial charge < -0.3 is 24.6 Å². The summed E-state index contributed by atoms with van der Waals surface area (Å²) in [5.41, 5.74) is 0.424. The minimum atomic E-state index is -1.38. The maximum absolute atomic E-state index is 12.2. The molecule has 0 radical (unpaired) electrons. The topological polar surface area (TPSA) is 89.9 Å². The Morgan fingerprint density at radius 2 is 2.11 bits per heavy atom. The normalized spacial score (nSPS) is 25.1. The molecule has 138 valence electrons. The van der Waals surface area contributed by atoms with Gasteiger partial charge in [-0.3, -0.25) is 4.79 Å². The summed E-state index contributed by atoms with van der Waals surface area (Å²) in [5.74, 6) is -1.77. The number of rotatable bonds is 6. The van der Waals surface area contributed by atoms with Gasteiger partial charge in [0, 0.05) is 5.92 Å². The first-order valence-electron chi connectivity index (χ1n) is 8.35. The number of fused-ring (bicyclic) bond motifs is 1. The second kappa shape index (κ2) is 9.09. The van der Waals surface area contributed by atoms with Gasteiger partial charge in [-0.15, -0.1) is 0 Å². The zero-order chi connectivity index (χ0) is 19.0. The molecular weight excluding hydrogens is 472 g/mol. The molecule has 1 aromatic rings. The number of carbonyl (C=O) groups excluding carboxylic acids is 2. The molecule has 8 heteroatoms. The SMILES string of the molecule is CC(O)C1C(=O)N2C(C(=O)[O-])=C(/C=C/COc3ccccc3I)[C@H](C)C12.[Na+]. The number of halogens is 1. The Hall–Kier alpha value is -0.870. The molecule has 0 aromatic heterocycles. The van der Waals surface area contributed by atoms with Crippen LogP contribution in [0.15, 0.2) is 47.7 Å². The van der Waals surface area contributed by atoms with Crippen LogP contribution in [0.2, 0.25) is 0 Å². The third-order valence-electron chi connectivity index (χ3n) is 4.89. The number of nitrogens with zero attached hydrogens (tertiary/aromatic N) is 1. The Kier molecular flexibility index (Phi) is 7.54. The van der Waals surface area contributed by atoms with Gasteiger partial charge in [-0.05, 0) is 53.3 Å². The molecule has 0 bridgehead atoms. The molecule has 0 spiro atoms. The predicted octanol–water partition coefficient (Wildman–Crippen LogP) is -1.91. The van der Waals surface area contributed by atoms with Crippen molar-refractivity contribution in [3.63, 3.8) is 0 Å². The van der Waals surface area contributed by atoms with Crippen LogP contribution in [-0.2, 0) is 9.59 Å². The van der Waals surface area contributed by atoms with E-state index in [1.807, 2.05) is 31.2 Å². The quantitative estimate of drug-likeness (QED) is 0.285. The van der Waals surface area contributed by atoms with Crippen LogP contribution in [0.3, 0.4) is 0 Å². The summed E-state index contributed by atoms with van der Waals surface area (Å²) in [6, 6.07) is 7.25. The maximum atomic E-state index is 12.2. The molecule has 3 rings (SSSR count). The van der Waals surface area contributed by atoms with E-state index in [2.05, 4.69) is 22.6 Å². The second-order valence-corrected chi connectivity index (χ2v) is 7.65. The van der Waals surface area contributed by atoms with E-state index in [0.717, 1.165) is 9.32 Å². The van der Waals surface area contributed by atoms with Gasteiger partial charge >= 0.3 is 29.6 Å². The molecule has 4 atom stereocenters. The van der Waals surface area contributed by atoms with Crippen molar-refractivity contribution in [3.05, 3.63) is 51.3 Å². The van der Waals surface area contributed by atoms with Crippen molar-refractivity contribution >= 4 is 34.5 Å². The number of hydrogen-bond acceptors (Lipinski definition) is 5. The molecule has 3 unspecified atom stereocenters. The zero-order valence-electron chi connectivity index (χ0n) is 15.4. The van der Waals surface area contributed by atoms with Crippen LogP contribution in [0.25, 0.3) is 0 Å². The second-order valence-electron chi connectivity index (χ2n) is 6.49. The Labute approximate surface area is 193 Å². The third-order valence-corrected chi connectivity index (χ3v) is 5.78. The van der Waals surface area contributed by atoms with E-state index in [1.54, 1.807) is 19.1 Å². The number of amides is 1. The Morgan fingerprint density at radius 3 is 2.70 bits per heavy atom. The number of ether oxygens (including phenoxy) is 1. The molecular formula is C19H19INNaO5. The number of allylic oxidation sites excluding steroid dienone is 1. The molecule has 1 amide bonds. The number of hydrogen-bond donors (Lipinski definition) is 1. The number of aliphatic hydroxyl groups is 1. The monoisotopic (exact) mass is 491 g/mol. The number of carbonyl (C=O) groups is 2. The summed E-state index contributed by atoms with van der Waals surface area (Å²) in [6.07, 6.45) is 2.59. The van der Waals surface area contributed by atoms with Crippen LogP contribution in [-0.4, -0.2) is 40.6 Å². The van der Waals surface area contributed by atoms with Gasteiger partial charge in [-0.2, -0.15) is 0 Å². The van der Waals surface area contributed by atoms with E-state index in [4.69, 9.17) is 4.74 Å². The summed E-state index contributed by atoms with van der Waals surface area (Å²) < 4.78 is 6.66. The average Bonchev–Trinajstić information content (AvgIpc) is 2.82. The molecule has 2 aliphatic rings. The summed E-state index contributed by atoms with van der Waals surface area (Å²) in [4.78, 5) is 25.1. The van der Waals surface area contributed by atoms with Gasteiger partial charge in [0.25, 0.3) is 0 Å². The molecule has 0 saturated carbocycles. The van der Waals surface area contributed by atoms with Crippen LogP contribution in [0.1, 0.15) is 13.8 Å². The predicted molar refractivity (Wildman–Crippen MR) is 101 cm³/mol. The van der Waals surface area contributed by atoms with Crippen molar-refractivity contribution in [2.24, 2.45) is 11.8 Å². The van der Waals surface area contributed by atoms with E-state index in [0.29, 0.717) is 5.57 Å². The Bertz CT molecular complexity index is 807. The number of aliphatic hydroxyl groups excluding tert-OH is 1. The summed E-state index contributed by atoms with van der Waals surface area (Å²) in [7, 11) is 0. The molecule has 1 N–H and O–H groups in total. The molecule has 2 heterocycles. The minimum Gasteiger partial charge on any atom is -0.543 e. The standard InChI is InChI=1S/C19H20INO5.Na/c1-10-12(6-5-9-26-14-8-4-3-7-13(14)20)17(19(24)25)21-16(10)15(11(2)22)18(21)23;/h3-8,10-11,15-16,22H,9H2,1-2H3,(H,24,25);/q;+1/p-1/b6-5+;/t10-,11?,15?,16?;/m0./s1. The number of carboxylic acids is 1. The number of para-hydroxylation sites is 1. The fourth-order valence-electron chi connectivity index (χ4n) is 3.68. The molecule has 6 nitrogen and oxygen atoms in total. The van der Waals surface area contributed by atoms with E-state index in [1.165, 1.54) is 4.90 Å². The first kappa shape index (κ1) is 22.4. The van der Waals surface area contributed by atoms with Crippen LogP contribution in [0.4, 0.5) is 0 Å². The fraction of sp³-hybridized carbons (Fsp3) is 0.368. The smallest absolute Gasteiger partial charge is 0.543 e. The van der Waals surface area contributed by atoms with E-state index in [9.17, 15) is 19.8 Å². The van der Waals surface area contributed by atoms with Gasteiger partial charge in [-0.1, -0.05) is 25.1 Å². The van der Waals surface area contributed by atoms with Crippen molar-refractivity contribution in [2.75, 3.05) is 6.61 Å². The number of aliphatic carboxylic acids is 1. The average molecular weight is 491 g/mol. The first-order chi connectivity index (χ1) is 12.3. The zero-order valence-corrected chi connectivity index (χ0v) is 19.5. The number of carboxylic acid groups (broad SMARTS) is 1. The minimum absolute atomic E-state index is 0. The number of β-lactam (4-membered cyclic amide) rings is 1. The van der Waals surface area contributed by atoms with Gasteiger partial charge in [0.2, 0.25) is 5.91 Å². The Morgan fingerprint density at radius 1 is 1.44 bits per heavy atom. The van der Waals surface area contributed by atoms with E-state index >= 15 is 0 Å². The Balaban J connectivity index is 0.00000261. The van der Waals surface area contributed by atoms with E-state index in [-0.39, 0.29) is 59.7 Å². The van der Waals surface area contributed by atoms with Crippen LogP contribution in [0.5, 0.6) is 5.75 Å². The molecule has 1 aromatic carbocycles. The molecule has 27 heavy (non-hydrogen) atoms. The maximum Gasteiger partial charge on any atom is 1.00 e. The summed E-state index contributed by atoms with van der Waals surface area (Å²) >= 11 is 2.18. The number of benzene rings is 1. The molecule has 1 fully saturated rings. The fourth-order valence-corrected chi connectivity index (χ4v) is 4.22. The van der Waals surface area contributed by atoms with Gasteiger partial charge in [0.15, 0.2) is 0 Å². The summed E-state index contributed by atoms with van der Waals surface area (Å²) in [5, 5.41) is 21.4. The van der Waals surface area contributed by atoms with Crippen LogP contribution >= 0.6 is 22.6 Å². The van der Waals surface area contributed by atoms with Crippen molar-refractivity contribution in [1.82, 2.24) is 4.90 Å². The van der Waals surface area contributed by atoms with Crippen molar-refractivity contribution < 1.29 is 54.1 Å². The largest absolute Gasteiger partial charge is 1.00 e. The summed E-state index contributed by atoms with van der Waals surface area (Å²) in [6.45, 7) is 3.68. The first-order valence-corrected chi connectivity index (χ1v) is 9.43. The molecule has 2 aliphatic heterocycles. The van der Waals surface area contributed by atoms with Crippen molar-refractivity contribution in [2.45, 2.75) is 26.0 Å². The molecule has 0 aliphatic carbocycles. The van der Waals surface area contributed by atoms with Crippen molar-refractivity contribution in [1.29, 1.82) is 0 Å². The van der Waals surface area contributed by atoms with Gasteiger partial charge in [-0.25, -0.2) is 0 Å². The van der Waals surface area contributed by atoms with Gasteiger partial charge in [0.05, 0.1) is 33.3 Å². The third kappa shape index (κ3) is 4.12. The van der Waals surface area contributed by atoms with Crippen LogP contribution < -0.4 is 39.4 Å².